The summed E-state index contributed by atoms with van der Waals surface area (Å²) in [6.07, 6.45) is 1.66. The van der Waals surface area contributed by atoms with Crippen molar-refractivity contribution in [3.63, 3.8) is 0 Å². The van der Waals surface area contributed by atoms with Crippen LogP contribution in [0.4, 0.5) is 0 Å². The highest BCUT2D eigenvalue weighted by atomic mass is 127. The van der Waals surface area contributed by atoms with E-state index < -0.39 is 0 Å². The fraction of sp³-hybridized carbons (Fsp3) is 0.182. The first kappa shape index (κ1) is 13.6. The number of methoxy groups -OCH3 is 1. The number of aromatic amines is 1. The predicted octanol–water partition coefficient (Wildman–Crippen LogP) is 2.35. The van der Waals surface area contributed by atoms with Gasteiger partial charge in [0.05, 0.1) is 12.3 Å². The Morgan fingerprint density at radius 2 is 2.28 bits per heavy atom. The molecule has 0 aromatic carbocycles. The summed E-state index contributed by atoms with van der Waals surface area (Å²) in [6.45, 7) is 0.297. The maximum Gasteiger partial charge on any atom is 0.265 e. The second kappa shape index (κ2) is 5.89. The van der Waals surface area contributed by atoms with Crippen molar-refractivity contribution in [2.24, 2.45) is 0 Å². The zero-order valence-corrected chi connectivity index (χ0v) is 13.1. The Hall–Kier alpha value is -0.800. The molecule has 2 heterocycles. The quantitative estimate of drug-likeness (QED) is 0.772. The van der Waals surface area contributed by atoms with E-state index in [0.29, 0.717) is 27.4 Å². The van der Waals surface area contributed by atoms with E-state index in [1.54, 1.807) is 19.4 Å². The third-order valence-corrected chi connectivity index (χ3v) is 3.76. The minimum absolute atomic E-state index is 0.183. The monoisotopic (exact) mass is 421 g/mol. The van der Waals surface area contributed by atoms with Crippen molar-refractivity contribution < 1.29 is 4.74 Å². The first-order chi connectivity index (χ1) is 8.61. The van der Waals surface area contributed by atoms with Crippen molar-refractivity contribution in [1.82, 2.24) is 15.0 Å². The molecule has 2 aromatic heterocycles. The highest BCUT2D eigenvalue weighted by Crippen LogP contribution is 2.16. The molecule has 0 unspecified atom stereocenters. The molecule has 0 spiro atoms. The Morgan fingerprint density at radius 1 is 1.50 bits per heavy atom. The van der Waals surface area contributed by atoms with Gasteiger partial charge in [0.1, 0.15) is 9.26 Å². The number of halogens is 2. The van der Waals surface area contributed by atoms with E-state index in [1.807, 2.05) is 28.7 Å². The van der Waals surface area contributed by atoms with Crippen LogP contribution < -0.4 is 5.56 Å². The smallest absolute Gasteiger partial charge is 0.265 e. The fourth-order valence-corrected chi connectivity index (χ4v) is 2.02. The molecule has 5 nitrogen and oxygen atoms in total. The highest BCUT2D eigenvalue weighted by molar-refractivity contribution is 14.1. The van der Waals surface area contributed by atoms with Gasteiger partial charge in [-0.1, -0.05) is 0 Å². The average molecular weight is 422 g/mol. The molecule has 0 atom stereocenters. The summed E-state index contributed by atoms with van der Waals surface area (Å²) in [5.41, 5.74) is 1.04. The molecule has 0 aliphatic carbocycles. The van der Waals surface area contributed by atoms with Gasteiger partial charge in [-0.25, -0.2) is 4.98 Å². The molecule has 0 aliphatic rings. The number of ether oxygens (including phenoxy) is 1. The van der Waals surface area contributed by atoms with Crippen molar-refractivity contribution in [2.75, 3.05) is 7.11 Å². The lowest BCUT2D eigenvalue weighted by atomic mass is 10.3. The van der Waals surface area contributed by atoms with Crippen molar-refractivity contribution in [2.45, 2.75) is 6.61 Å². The minimum Gasteiger partial charge on any atom is -0.378 e. The van der Waals surface area contributed by atoms with Gasteiger partial charge in [-0.15, -0.1) is 0 Å². The van der Waals surface area contributed by atoms with Gasteiger partial charge in [0, 0.05) is 17.8 Å². The Labute approximate surface area is 125 Å². The van der Waals surface area contributed by atoms with Gasteiger partial charge in [-0.05, 0) is 50.7 Å². The molecule has 18 heavy (non-hydrogen) atoms. The van der Waals surface area contributed by atoms with Gasteiger partial charge in [0.15, 0.2) is 5.82 Å². The van der Waals surface area contributed by atoms with Crippen LogP contribution in [-0.4, -0.2) is 22.1 Å². The van der Waals surface area contributed by atoms with E-state index in [0.717, 1.165) is 4.47 Å². The summed E-state index contributed by atoms with van der Waals surface area (Å²) < 4.78 is 6.43. The van der Waals surface area contributed by atoms with Crippen molar-refractivity contribution in [3.8, 4) is 11.5 Å². The Morgan fingerprint density at radius 3 is 2.89 bits per heavy atom. The predicted molar refractivity (Wildman–Crippen MR) is 79.2 cm³/mol. The van der Waals surface area contributed by atoms with E-state index >= 15 is 0 Å². The third-order valence-electron chi connectivity index (χ3n) is 2.18. The molecule has 0 bridgehead atoms. The molecule has 94 valence electrons. The first-order valence-electron chi connectivity index (χ1n) is 5.01. The lowest BCUT2D eigenvalue weighted by molar-refractivity contribution is 0.180. The van der Waals surface area contributed by atoms with Crippen LogP contribution in [0.5, 0.6) is 0 Å². The molecule has 0 fully saturated rings. The SMILES string of the molecule is COCc1nc(-c2ccc(Br)cn2)[nH]c(=O)c1I. The number of H-pyrrole nitrogens is 1. The number of nitrogens with zero attached hydrogens (tertiary/aromatic N) is 2. The molecule has 0 saturated heterocycles. The number of hydrogen-bond donors (Lipinski definition) is 1. The van der Waals surface area contributed by atoms with Crippen molar-refractivity contribution >= 4 is 38.5 Å². The molecule has 1 N–H and O–H groups in total. The average Bonchev–Trinajstić information content (AvgIpc) is 2.36. The van der Waals surface area contributed by atoms with Crippen LogP contribution in [0.25, 0.3) is 11.5 Å². The summed E-state index contributed by atoms with van der Waals surface area (Å²) >= 11 is 5.26. The van der Waals surface area contributed by atoms with E-state index in [9.17, 15) is 4.79 Å². The Balaban J connectivity index is 2.51. The molecular weight excluding hydrogens is 413 g/mol. The standard InChI is InChI=1S/C11H9BrIN3O2/c1-18-5-8-9(13)11(17)16-10(15-8)7-3-2-6(12)4-14-7/h2-4H,5H2,1H3,(H,15,16,17). The zero-order valence-electron chi connectivity index (χ0n) is 9.41. The molecule has 7 heteroatoms. The number of pyridine rings is 1. The zero-order chi connectivity index (χ0) is 13.1. The summed E-state index contributed by atoms with van der Waals surface area (Å²) in [5.74, 6) is 0.444. The van der Waals surface area contributed by atoms with Gasteiger partial charge in [-0.2, -0.15) is 0 Å². The van der Waals surface area contributed by atoms with Crippen molar-refractivity contribution in [1.29, 1.82) is 0 Å². The largest absolute Gasteiger partial charge is 0.378 e. The number of aromatic nitrogens is 3. The Bertz CT molecular complexity index is 613. The maximum atomic E-state index is 11.8. The van der Waals surface area contributed by atoms with Crippen LogP contribution in [0, 0.1) is 3.57 Å². The normalized spacial score (nSPS) is 10.6. The first-order valence-corrected chi connectivity index (χ1v) is 6.88. The molecule has 0 radical (unpaired) electrons. The van der Waals surface area contributed by atoms with E-state index in [1.165, 1.54) is 0 Å². The fourth-order valence-electron chi connectivity index (χ4n) is 1.38. The van der Waals surface area contributed by atoms with Gasteiger partial charge in [-0.3, -0.25) is 9.78 Å². The lowest BCUT2D eigenvalue weighted by Gasteiger charge is -2.05. The Kier molecular flexibility index (Phi) is 4.46. The van der Waals surface area contributed by atoms with Crippen LogP contribution in [0.2, 0.25) is 0 Å². The summed E-state index contributed by atoms with van der Waals surface area (Å²) in [5, 5.41) is 0. The summed E-state index contributed by atoms with van der Waals surface area (Å²) in [6, 6.07) is 3.63. The topological polar surface area (TPSA) is 67.9 Å². The number of hydrogen-bond acceptors (Lipinski definition) is 4. The molecule has 0 amide bonds. The summed E-state index contributed by atoms with van der Waals surface area (Å²) in [7, 11) is 1.57. The second-order valence-electron chi connectivity index (χ2n) is 3.47. The lowest BCUT2D eigenvalue weighted by Crippen LogP contribution is -2.17. The molecule has 2 rings (SSSR count). The molecule has 0 saturated carbocycles. The van der Waals surface area contributed by atoms with Crippen LogP contribution in [0.15, 0.2) is 27.6 Å². The second-order valence-corrected chi connectivity index (χ2v) is 5.46. The highest BCUT2D eigenvalue weighted by Gasteiger charge is 2.10. The van der Waals surface area contributed by atoms with E-state index in [-0.39, 0.29) is 5.56 Å². The minimum atomic E-state index is -0.183. The van der Waals surface area contributed by atoms with E-state index in [4.69, 9.17) is 4.74 Å². The molecule has 2 aromatic rings. The number of nitrogens with one attached hydrogen (secondary N) is 1. The van der Waals surface area contributed by atoms with Gasteiger partial charge in [0.25, 0.3) is 5.56 Å². The molecular formula is C11H9BrIN3O2. The molecule has 0 aliphatic heterocycles. The third kappa shape index (κ3) is 2.96. The summed E-state index contributed by atoms with van der Waals surface area (Å²) in [4.78, 5) is 23.0. The van der Waals surface area contributed by atoms with Crippen molar-refractivity contribution in [3.05, 3.63) is 42.4 Å². The van der Waals surface area contributed by atoms with Crippen LogP contribution in [0.1, 0.15) is 5.69 Å². The van der Waals surface area contributed by atoms with Crippen LogP contribution in [0.3, 0.4) is 0 Å². The van der Waals surface area contributed by atoms with E-state index in [2.05, 4.69) is 30.9 Å². The number of rotatable bonds is 3. The van der Waals surface area contributed by atoms with Crippen LogP contribution >= 0.6 is 38.5 Å². The van der Waals surface area contributed by atoms with Gasteiger partial charge in [0.2, 0.25) is 0 Å². The van der Waals surface area contributed by atoms with Gasteiger partial charge < -0.3 is 9.72 Å². The van der Waals surface area contributed by atoms with Gasteiger partial charge >= 0.3 is 0 Å². The van der Waals surface area contributed by atoms with Crippen LogP contribution in [-0.2, 0) is 11.3 Å². The maximum absolute atomic E-state index is 11.8.